The Bertz CT molecular complexity index is 1400. The van der Waals surface area contributed by atoms with Gasteiger partial charge in [0.25, 0.3) is 12.0 Å². The van der Waals surface area contributed by atoms with Crippen LogP contribution in [0.25, 0.3) is 5.69 Å². The number of aliphatic hydroxyl groups excluding tert-OH is 1. The summed E-state index contributed by atoms with van der Waals surface area (Å²) in [6, 6.07) is 4.27. The maximum atomic E-state index is 13.1. The van der Waals surface area contributed by atoms with Gasteiger partial charge in [-0.3, -0.25) is 9.78 Å². The van der Waals surface area contributed by atoms with E-state index in [0.717, 1.165) is 0 Å². The third kappa shape index (κ3) is 6.02. The molecule has 1 atom stereocenters. The number of aryl methyl sites for hydroxylation is 2. The smallest absolute Gasteiger partial charge is 0.349 e. The maximum Gasteiger partial charge on any atom is 0.349 e. The van der Waals surface area contributed by atoms with Gasteiger partial charge in [0.2, 0.25) is 10.8 Å². The first kappa shape index (κ1) is 27.7. The van der Waals surface area contributed by atoms with Gasteiger partial charge in [-0.1, -0.05) is 0 Å². The van der Waals surface area contributed by atoms with Crippen LogP contribution in [0.4, 0.5) is 8.78 Å². The molecule has 4 rings (SSSR count). The van der Waals surface area contributed by atoms with E-state index in [1.807, 2.05) is 4.98 Å². The van der Waals surface area contributed by atoms with Gasteiger partial charge in [-0.15, -0.1) is 4.72 Å². The van der Waals surface area contributed by atoms with Crippen LogP contribution in [0.2, 0.25) is 0 Å². The Morgan fingerprint density at radius 2 is 1.95 bits per heavy atom. The number of pyridine rings is 1. The summed E-state index contributed by atoms with van der Waals surface area (Å²) in [7, 11) is 1.44. The van der Waals surface area contributed by atoms with E-state index in [9.17, 15) is 28.0 Å². The van der Waals surface area contributed by atoms with Crippen molar-refractivity contribution in [3.8, 4) is 23.1 Å². The molecule has 2 aromatic heterocycles. The van der Waals surface area contributed by atoms with Gasteiger partial charge in [-0.2, -0.15) is 9.78 Å². The van der Waals surface area contributed by atoms with Crippen LogP contribution in [0, 0.1) is 13.8 Å². The number of rotatable bonds is 10. The van der Waals surface area contributed by atoms with Crippen molar-refractivity contribution in [3.05, 3.63) is 62.1 Å². The van der Waals surface area contributed by atoms with Crippen LogP contribution in [-0.2, 0) is 16.1 Å². The minimum Gasteiger partial charge on any atom is -0.593 e. The normalized spacial score (nSPS) is 17.8. The first-order chi connectivity index (χ1) is 18.1. The van der Waals surface area contributed by atoms with E-state index in [4.69, 9.17) is 14.2 Å². The Hall–Kier alpha value is -3.37. The van der Waals surface area contributed by atoms with Crippen LogP contribution in [-0.4, -0.2) is 55.5 Å². The fourth-order valence-corrected chi connectivity index (χ4v) is 4.91. The fourth-order valence-electron chi connectivity index (χ4n) is 3.78. The number of nitrogens with zero attached hydrogens (tertiary/aromatic N) is 3. The van der Waals surface area contributed by atoms with Crippen LogP contribution in [0.1, 0.15) is 36.1 Å². The molecule has 204 valence electrons. The second kappa shape index (κ2) is 11.6. The second-order valence-corrected chi connectivity index (χ2v) is 9.81. The summed E-state index contributed by atoms with van der Waals surface area (Å²) in [6.45, 7) is 3.23. The van der Waals surface area contributed by atoms with Gasteiger partial charge in [0, 0.05) is 7.11 Å². The summed E-state index contributed by atoms with van der Waals surface area (Å²) in [5.74, 6) is 0.657. The molecule has 3 N–H and O–H groups in total. The van der Waals surface area contributed by atoms with E-state index in [-0.39, 0.29) is 35.0 Å². The largest absolute Gasteiger partial charge is 0.593 e. The lowest BCUT2D eigenvalue weighted by molar-refractivity contribution is 0.0485. The molecule has 38 heavy (non-hydrogen) atoms. The standard InChI is InChI=1S/C23H25F2N5O7S/c1-11-4-14(30-23(33)27-22(32)19(28-30)21(24)25)5-12(2)20(11)37-18-8-17(16(9-26-18)36-10-35-3)38(34)29-13-6-15(31)7-13/h4-5,8-9,13,15,21,29,31H,6-7,10H2,1-3H3,(H,27,32,33)/t13-,15-,38?. The number of H-pyrrole nitrogens is 1. The molecule has 12 nitrogen and oxygen atoms in total. The van der Waals surface area contributed by atoms with E-state index < -0.39 is 40.8 Å². The average molecular weight is 554 g/mol. The topological polar surface area (TPSA) is 164 Å². The van der Waals surface area contributed by atoms with Gasteiger partial charge in [-0.05, 0) is 49.9 Å². The minimum atomic E-state index is -3.17. The molecule has 0 radical (unpaired) electrons. The van der Waals surface area contributed by atoms with E-state index >= 15 is 0 Å². The number of aromatic amines is 1. The Kier molecular flexibility index (Phi) is 8.42. The van der Waals surface area contributed by atoms with Crippen molar-refractivity contribution in [2.75, 3.05) is 13.9 Å². The molecular weight excluding hydrogens is 528 g/mol. The van der Waals surface area contributed by atoms with Crippen molar-refractivity contribution < 1.29 is 32.7 Å². The Morgan fingerprint density at radius 1 is 1.26 bits per heavy atom. The van der Waals surface area contributed by atoms with E-state index in [2.05, 4.69) is 14.8 Å². The van der Waals surface area contributed by atoms with Crippen LogP contribution < -0.4 is 25.4 Å². The molecule has 0 amide bonds. The van der Waals surface area contributed by atoms with Crippen LogP contribution in [0.5, 0.6) is 17.4 Å². The summed E-state index contributed by atoms with van der Waals surface area (Å²) < 4.78 is 59.3. The first-order valence-corrected chi connectivity index (χ1v) is 12.5. The molecule has 1 saturated carbocycles. The van der Waals surface area contributed by atoms with Crippen LogP contribution >= 0.6 is 0 Å². The van der Waals surface area contributed by atoms with E-state index in [1.54, 1.807) is 13.8 Å². The van der Waals surface area contributed by atoms with Crippen molar-refractivity contribution >= 4 is 11.4 Å². The Balaban J connectivity index is 1.64. The zero-order valence-corrected chi connectivity index (χ0v) is 21.4. The quantitative estimate of drug-likeness (QED) is 0.249. The van der Waals surface area contributed by atoms with Gasteiger partial charge in [0.1, 0.15) is 5.75 Å². The lowest BCUT2D eigenvalue weighted by Gasteiger charge is -2.31. The Morgan fingerprint density at radius 3 is 2.55 bits per heavy atom. The predicted molar refractivity (Wildman–Crippen MR) is 130 cm³/mol. The number of hydrogen-bond acceptors (Lipinski definition) is 10. The highest BCUT2D eigenvalue weighted by molar-refractivity contribution is 7.89. The second-order valence-electron chi connectivity index (χ2n) is 8.60. The van der Waals surface area contributed by atoms with Crippen molar-refractivity contribution in [2.45, 2.75) is 50.2 Å². The zero-order valence-electron chi connectivity index (χ0n) is 20.6. The zero-order chi connectivity index (χ0) is 27.6. The summed E-state index contributed by atoms with van der Waals surface area (Å²) in [5.41, 5.74) is -2.16. The molecule has 0 saturated heterocycles. The van der Waals surface area contributed by atoms with Gasteiger partial charge < -0.3 is 23.9 Å². The molecule has 0 aliphatic heterocycles. The monoisotopic (exact) mass is 553 g/mol. The highest BCUT2D eigenvalue weighted by Gasteiger charge is 2.33. The molecule has 0 spiro atoms. The molecule has 1 aliphatic carbocycles. The summed E-state index contributed by atoms with van der Waals surface area (Å²) in [5, 5.41) is 13.0. The number of alkyl halides is 2. The molecule has 15 heteroatoms. The van der Waals surface area contributed by atoms with Crippen molar-refractivity contribution in [1.82, 2.24) is 24.5 Å². The highest BCUT2D eigenvalue weighted by atomic mass is 32.2. The number of aromatic nitrogens is 4. The van der Waals surface area contributed by atoms with Crippen molar-refractivity contribution in [2.24, 2.45) is 0 Å². The van der Waals surface area contributed by atoms with Crippen LogP contribution in [0.3, 0.4) is 0 Å². The number of nitrogens with one attached hydrogen (secondary N) is 2. The third-order valence-electron chi connectivity index (χ3n) is 5.68. The lowest BCUT2D eigenvalue weighted by atomic mass is 9.91. The molecular formula is C23H25F2N5O7S. The summed E-state index contributed by atoms with van der Waals surface area (Å²) in [6.07, 6.45) is -1.30. The fraction of sp³-hybridized carbons (Fsp3) is 0.391. The molecule has 0 bridgehead atoms. The molecule has 1 unspecified atom stereocenters. The van der Waals surface area contributed by atoms with Gasteiger partial charge in [0.15, 0.2) is 18.2 Å². The minimum absolute atomic E-state index is 0.0897. The highest BCUT2D eigenvalue weighted by Crippen LogP contribution is 2.34. The third-order valence-corrected chi connectivity index (χ3v) is 6.95. The van der Waals surface area contributed by atoms with Gasteiger partial charge >= 0.3 is 5.69 Å². The summed E-state index contributed by atoms with van der Waals surface area (Å²) in [4.78, 5) is 30.2. The number of aliphatic hydroxyl groups is 1. The molecule has 2 heterocycles. The maximum absolute atomic E-state index is 13.1. The Labute approximate surface area is 217 Å². The molecule has 1 aliphatic rings. The lowest BCUT2D eigenvalue weighted by Crippen LogP contribution is -2.46. The van der Waals surface area contributed by atoms with E-state index in [0.29, 0.717) is 34.4 Å². The first-order valence-electron chi connectivity index (χ1n) is 11.4. The number of methoxy groups -OCH3 is 1. The van der Waals surface area contributed by atoms with Crippen molar-refractivity contribution in [3.63, 3.8) is 0 Å². The van der Waals surface area contributed by atoms with Crippen molar-refractivity contribution in [1.29, 1.82) is 0 Å². The average Bonchev–Trinajstić information content (AvgIpc) is 2.84. The number of halogens is 2. The number of benzene rings is 1. The molecule has 1 aromatic carbocycles. The SMILES string of the molecule is COCOc1cnc(Oc2c(C)cc(-n3nc(C(F)F)c(=O)[nH]c3=O)cc2C)cc1[S+]([O-])N[C@H]1C[C@H](O)C1. The van der Waals surface area contributed by atoms with E-state index in [1.165, 1.54) is 31.5 Å². The summed E-state index contributed by atoms with van der Waals surface area (Å²) >= 11 is -1.71. The predicted octanol–water partition coefficient (Wildman–Crippen LogP) is 1.78. The van der Waals surface area contributed by atoms with Crippen LogP contribution in [0.15, 0.2) is 38.9 Å². The van der Waals surface area contributed by atoms with Gasteiger partial charge in [-0.25, -0.2) is 18.6 Å². The number of ether oxygens (including phenoxy) is 3. The molecule has 3 aromatic rings. The molecule has 1 fully saturated rings. The number of hydrogen-bond donors (Lipinski definition) is 3. The van der Waals surface area contributed by atoms with Gasteiger partial charge in [0.05, 0.1) is 41.5 Å².